The number of nitrogens with zero attached hydrogens (tertiary/aromatic N) is 1. The Labute approximate surface area is 73.8 Å². The van der Waals surface area contributed by atoms with Gasteiger partial charge in [0, 0.05) is 19.2 Å². The first-order chi connectivity index (χ1) is 5.83. The predicted octanol–water partition coefficient (Wildman–Crippen LogP) is 0.750. The minimum Gasteiger partial charge on any atom is -0.383 e. The van der Waals surface area contributed by atoms with E-state index in [4.69, 9.17) is 10.6 Å². The molecule has 1 saturated heterocycles. The van der Waals surface area contributed by atoms with Gasteiger partial charge in [0.05, 0.1) is 6.61 Å². The van der Waals surface area contributed by atoms with Gasteiger partial charge in [-0.2, -0.15) is 0 Å². The average Bonchev–Trinajstić information content (AvgIpc) is 2.58. The zero-order chi connectivity index (χ0) is 8.55. The summed E-state index contributed by atoms with van der Waals surface area (Å²) in [4.78, 5) is 0. The van der Waals surface area contributed by atoms with Gasteiger partial charge in [0.25, 0.3) is 0 Å². The van der Waals surface area contributed by atoms with Crippen molar-refractivity contribution in [3.63, 3.8) is 0 Å². The fourth-order valence-electron chi connectivity index (χ4n) is 2.77. The number of rotatable bonds is 2. The largest absolute Gasteiger partial charge is 0.383 e. The van der Waals surface area contributed by atoms with E-state index in [0.29, 0.717) is 12.1 Å². The van der Waals surface area contributed by atoms with Crippen LogP contribution in [0, 0.1) is 5.92 Å². The summed E-state index contributed by atoms with van der Waals surface area (Å²) in [5, 5.41) is 2.04. The third-order valence-corrected chi connectivity index (χ3v) is 3.36. The molecule has 1 heterocycles. The first-order valence-corrected chi connectivity index (χ1v) is 4.85. The van der Waals surface area contributed by atoms with Crippen LogP contribution in [0.4, 0.5) is 0 Å². The summed E-state index contributed by atoms with van der Waals surface area (Å²) in [6.45, 7) is 0.795. The van der Waals surface area contributed by atoms with Crippen molar-refractivity contribution in [3.05, 3.63) is 0 Å². The second-order valence-corrected chi connectivity index (χ2v) is 4.05. The van der Waals surface area contributed by atoms with Crippen molar-refractivity contribution in [2.75, 3.05) is 13.7 Å². The van der Waals surface area contributed by atoms with Crippen LogP contribution in [0.3, 0.4) is 0 Å². The van der Waals surface area contributed by atoms with E-state index in [1.807, 2.05) is 5.01 Å². The average molecular weight is 170 g/mol. The van der Waals surface area contributed by atoms with Crippen molar-refractivity contribution in [1.29, 1.82) is 0 Å². The molecule has 70 valence electrons. The molecule has 2 fully saturated rings. The summed E-state index contributed by atoms with van der Waals surface area (Å²) < 4.78 is 5.14. The lowest BCUT2D eigenvalue weighted by Gasteiger charge is -2.23. The zero-order valence-corrected chi connectivity index (χ0v) is 7.70. The summed E-state index contributed by atoms with van der Waals surface area (Å²) in [5.41, 5.74) is 0. The van der Waals surface area contributed by atoms with E-state index in [1.54, 1.807) is 7.11 Å². The number of nitrogens with two attached hydrogens (primary N) is 1. The van der Waals surface area contributed by atoms with Crippen LogP contribution >= 0.6 is 0 Å². The highest BCUT2D eigenvalue weighted by Crippen LogP contribution is 2.39. The van der Waals surface area contributed by atoms with E-state index in [-0.39, 0.29) is 0 Å². The first kappa shape index (κ1) is 8.48. The Balaban J connectivity index is 1.96. The highest BCUT2D eigenvalue weighted by Gasteiger charge is 2.41. The molecule has 1 aliphatic heterocycles. The Kier molecular flexibility index (Phi) is 2.35. The third-order valence-electron chi connectivity index (χ3n) is 3.36. The summed E-state index contributed by atoms with van der Waals surface area (Å²) >= 11 is 0. The number of hydrogen-bond donors (Lipinski definition) is 1. The lowest BCUT2D eigenvalue weighted by atomic mass is 10.0. The third kappa shape index (κ3) is 1.26. The van der Waals surface area contributed by atoms with Crippen LogP contribution in [0.1, 0.15) is 25.7 Å². The van der Waals surface area contributed by atoms with Gasteiger partial charge >= 0.3 is 0 Å². The molecule has 2 N–H and O–H groups in total. The molecule has 0 aromatic carbocycles. The summed E-state index contributed by atoms with van der Waals surface area (Å²) in [5.74, 6) is 6.86. The van der Waals surface area contributed by atoms with Gasteiger partial charge in [-0.15, -0.1) is 0 Å². The molecular weight excluding hydrogens is 152 g/mol. The highest BCUT2D eigenvalue weighted by molar-refractivity contribution is 4.94. The topological polar surface area (TPSA) is 38.5 Å². The molecule has 0 aromatic rings. The summed E-state index contributed by atoms with van der Waals surface area (Å²) in [7, 11) is 1.75. The van der Waals surface area contributed by atoms with Gasteiger partial charge in [-0.3, -0.25) is 5.84 Å². The zero-order valence-electron chi connectivity index (χ0n) is 7.70. The van der Waals surface area contributed by atoms with E-state index in [2.05, 4.69) is 0 Å². The van der Waals surface area contributed by atoms with Crippen molar-refractivity contribution in [3.8, 4) is 0 Å². The molecule has 0 bridgehead atoms. The lowest BCUT2D eigenvalue weighted by molar-refractivity contribution is 0.0957. The van der Waals surface area contributed by atoms with Crippen LogP contribution in [0.15, 0.2) is 0 Å². The molecule has 3 nitrogen and oxygen atoms in total. The van der Waals surface area contributed by atoms with Gasteiger partial charge in [-0.25, -0.2) is 5.01 Å². The number of methoxy groups -OCH3 is 1. The second kappa shape index (κ2) is 3.32. The van der Waals surface area contributed by atoms with Crippen molar-refractivity contribution < 1.29 is 4.74 Å². The van der Waals surface area contributed by atoms with E-state index >= 15 is 0 Å². The van der Waals surface area contributed by atoms with Crippen LogP contribution in [0.5, 0.6) is 0 Å². The molecule has 0 aromatic heterocycles. The predicted molar refractivity (Wildman–Crippen MR) is 47.4 cm³/mol. The lowest BCUT2D eigenvalue weighted by Crippen LogP contribution is -2.43. The van der Waals surface area contributed by atoms with Crippen molar-refractivity contribution in [2.45, 2.75) is 37.8 Å². The molecule has 0 unspecified atom stereocenters. The Morgan fingerprint density at radius 2 is 2.33 bits per heavy atom. The molecule has 0 radical (unpaired) electrons. The molecule has 2 rings (SSSR count). The molecule has 1 aliphatic carbocycles. The maximum Gasteiger partial charge on any atom is 0.0632 e. The minimum absolute atomic E-state index is 0.477. The quantitative estimate of drug-likeness (QED) is 0.621. The summed E-state index contributed by atoms with van der Waals surface area (Å²) in [6, 6.07) is 1.13. The van der Waals surface area contributed by atoms with Gasteiger partial charge in [-0.05, 0) is 25.2 Å². The van der Waals surface area contributed by atoms with E-state index < -0.39 is 0 Å². The molecule has 2 aliphatic rings. The van der Waals surface area contributed by atoms with Gasteiger partial charge in [0.1, 0.15) is 0 Å². The number of fused-ring (bicyclic) bond motifs is 1. The van der Waals surface area contributed by atoms with Crippen LogP contribution in [0.25, 0.3) is 0 Å². The van der Waals surface area contributed by atoms with Gasteiger partial charge in [-0.1, -0.05) is 6.42 Å². The SMILES string of the molecule is COC[C@@H]1C[C@H]2CCC[C@H]2N1N. The smallest absolute Gasteiger partial charge is 0.0632 e. The Bertz CT molecular complexity index is 163. The molecular formula is C9H18N2O. The minimum atomic E-state index is 0.477. The van der Waals surface area contributed by atoms with Gasteiger partial charge in [0.15, 0.2) is 0 Å². The number of ether oxygens (including phenoxy) is 1. The molecule has 0 amide bonds. The Morgan fingerprint density at radius 1 is 1.50 bits per heavy atom. The molecule has 3 atom stereocenters. The number of hydrogen-bond acceptors (Lipinski definition) is 3. The second-order valence-electron chi connectivity index (χ2n) is 4.05. The molecule has 12 heavy (non-hydrogen) atoms. The van der Waals surface area contributed by atoms with E-state index in [1.165, 1.54) is 25.7 Å². The van der Waals surface area contributed by atoms with Crippen LogP contribution in [0.2, 0.25) is 0 Å². The van der Waals surface area contributed by atoms with Crippen molar-refractivity contribution in [1.82, 2.24) is 5.01 Å². The Morgan fingerprint density at radius 3 is 3.00 bits per heavy atom. The molecule has 1 saturated carbocycles. The van der Waals surface area contributed by atoms with Crippen LogP contribution in [-0.4, -0.2) is 30.8 Å². The Hall–Kier alpha value is -0.120. The van der Waals surface area contributed by atoms with Crippen molar-refractivity contribution in [2.24, 2.45) is 11.8 Å². The van der Waals surface area contributed by atoms with E-state index in [9.17, 15) is 0 Å². The fraction of sp³-hybridized carbons (Fsp3) is 1.00. The van der Waals surface area contributed by atoms with Crippen molar-refractivity contribution >= 4 is 0 Å². The van der Waals surface area contributed by atoms with Crippen LogP contribution < -0.4 is 5.84 Å². The van der Waals surface area contributed by atoms with E-state index in [0.717, 1.165) is 12.5 Å². The monoisotopic (exact) mass is 170 g/mol. The van der Waals surface area contributed by atoms with Gasteiger partial charge in [0.2, 0.25) is 0 Å². The van der Waals surface area contributed by atoms with Crippen LogP contribution in [-0.2, 0) is 4.74 Å². The molecule has 0 spiro atoms. The maximum atomic E-state index is 6.00. The maximum absolute atomic E-state index is 6.00. The number of hydrazine groups is 1. The van der Waals surface area contributed by atoms with Gasteiger partial charge < -0.3 is 4.74 Å². The highest BCUT2D eigenvalue weighted by atomic mass is 16.5. The summed E-state index contributed by atoms with van der Waals surface area (Å²) in [6.07, 6.45) is 5.28. The normalized spacial score (nSPS) is 42.0. The standard InChI is InChI=1S/C9H18N2O/c1-12-6-8-5-7-3-2-4-9(7)11(8)10/h7-9H,2-6,10H2,1H3/t7-,8+,9-/m1/s1. The fourth-order valence-corrected chi connectivity index (χ4v) is 2.77. The molecule has 3 heteroatoms. The first-order valence-electron chi connectivity index (χ1n) is 4.85.